The highest BCUT2D eigenvalue weighted by Gasteiger charge is 2.26. The zero-order valence-electron chi connectivity index (χ0n) is 75.3. The molecule has 0 saturated heterocycles. The third-order valence-electron chi connectivity index (χ3n) is 27.8. The standard InChI is InChI=1S/C47H30N2O.C41H24N2O2.C41H24N2OS/c1-3-12-31(13-4-1)32-22-24-33(25-23-32)41-28-35(29-42(48-41)34-26-27-39-38-16-8-10-21-45(38)50-46(39)30-34)37-18-11-20-44-47(37)40-17-7-9-19-43(40)49(44)36-14-5-2-6-15-36;1-2-10-25(11-3-1)33-23-27(24-34(42-33)26-18-21-39-32(22-26)29-13-6-8-16-37(29)44-39)43-35-15-7-4-14-31(35)40-36(43)20-19-30-28-12-5-9-17-38(28)45-41(30)40;1-2-10-25(11-3-1)33-23-27(24-34(42-33)26-18-19-29-28-12-5-8-16-37(28)44-38(29)22-26)43-35-15-7-4-14-32(35)40-36(43)21-20-31-30-13-6-9-17-39(30)45-41(31)40/h1-30H;2*1-24H. The molecule has 0 fully saturated rings. The first-order chi connectivity index (χ1) is 69.4. The summed E-state index contributed by atoms with van der Waals surface area (Å²) in [7, 11) is 0. The van der Waals surface area contributed by atoms with Crippen molar-refractivity contribution < 1.29 is 17.7 Å². The van der Waals surface area contributed by atoms with Crippen LogP contribution in [0.15, 0.2) is 491 Å². The van der Waals surface area contributed by atoms with Gasteiger partial charge in [0.05, 0.1) is 84.0 Å². The minimum Gasteiger partial charge on any atom is -0.456 e. The Morgan fingerprint density at radius 3 is 1.06 bits per heavy atom. The second kappa shape index (κ2) is 32.6. The minimum absolute atomic E-state index is 0.859. The number of benzene rings is 19. The van der Waals surface area contributed by atoms with Gasteiger partial charge in [0, 0.05) is 129 Å². The number of hydrogen-bond acceptors (Lipinski definition) is 8. The molecule has 140 heavy (non-hydrogen) atoms. The van der Waals surface area contributed by atoms with E-state index in [2.05, 4.69) is 426 Å². The highest BCUT2D eigenvalue weighted by Crippen LogP contribution is 2.49. The predicted octanol–water partition coefficient (Wildman–Crippen LogP) is 35.8. The van der Waals surface area contributed by atoms with Gasteiger partial charge in [-0.3, -0.25) is 0 Å². The van der Waals surface area contributed by atoms with E-state index in [1.165, 1.54) is 80.5 Å². The minimum atomic E-state index is 0.859. The molecule has 0 aliphatic heterocycles. The lowest BCUT2D eigenvalue weighted by molar-refractivity contribution is 0.668. The number of nitrogens with zero attached hydrogens (tertiary/aromatic N) is 6. The van der Waals surface area contributed by atoms with Crippen LogP contribution in [0, 0.1) is 0 Å². The highest BCUT2D eigenvalue weighted by atomic mass is 32.1. The average Bonchev–Trinajstić information content (AvgIpc) is 1.57. The van der Waals surface area contributed by atoms with Crippen molar-refractivity contribution in [2.24, 2.45) is 0 Å². The molecule has 0 unspecified atom stereocenters. The molecule has 10 nitrogen and oxygen atoms in total. The summed E-state index contributed by atoms with van der Waals surface area (Å²) in [5.74, 6) is 0. The van der Waals surface area contributed by atoms with Crippen molar-refractivity contribution in [3.63, 3.8) is 0 Å². The van der Waals surface area contributed by atoms with Crippen LogP contribution in [0.3, 0.4) is 0 Å². The summed E-state index contributed by atoms with van der Waals surface area (Å²) in [6.45, 7) is 0. The van der Waals surface area contributed by atoms with E-state index >= 15 is 0 Å². The Labute approximate surface area is 805 Å². The summed E-state index contributed by atoms with van der Waals surface area (Å²) in [5, 5.41) is 18.8. The van der Waals surface area contributed by atoms with Gasteiger partial charge in [-0.05, 0) is 186 Å². The van der Waals surface area contributed by atoms with Gasteiger partial charge in [0.2, 0.25) is 0 Å². The lowest BCUT2D eigenvalue weighted by atomic mass is 9.95. The summed E-state index contributed by atoms with van der Waals surface area (Å²) in [6.07, 6.45) is 0. The molecule has 0 bridgehead atoms. The monoisotopic (exact) mass is 1810 g/mol. The van der Waals surface area contributed by atoms with Crippen molar-refractivity contribution in [3.8, 4) is 107 Å². The van der Waals surface area contributed by atoms with Crippen LogP contribution < -0.4 is 0 Å². The Hall–Kier alpha value is -18.6. The second-order valence-electron chi connectivity index (χ2n) is 35.9. The van der Waals surface area contributed by atoms with Gasteiger partial charge in [0.1, 0.15) is 44.7 Å². The van der Waals surface area contributed by atoms with Gasteiger partial charge in [-0.1, -0.05) is 309 Å². The number of hydrogen-bond donors (Lipinski definition) is 0. The van der Waals surface area contributed by atoms with Crippen LogP contribution >= 0.6 is 11.3 Å². The van der Waals surface area contributed by atoms with E-state index in [1.54, 1.807) is 0 Å². The van der Waals surface area contributed by atoms with Crippen LogP contribution in [0.25, 0.3) is 280 Å². The Morgan fingerprint density at radius 2 is 0.507 bits per heavy atom. The lowest BCUT2D eigenvalue weighted by Gasteiger charge is -2.13. The van der Waals surface area contributed by atoms with Gasteiger partial charge in [0.25, 0.3) is 0 Å². The maximum Gasteiger partial charge on any atom is 0.145 e. The summed E-state index contributed by atoms with van der Waals surface area (Å²) in [5.41, 5.74) is 33.7. The van der Waals surface area contributed by atoms with Gasteiger partial charge in [-0.2, -0.15) is 0 Å². The number of aromatic nitrogens is 6. The Bertz CT molecular complexity index is 10200. The van der Waals surface area contributed by atoms with Gasteiger partial charge >= 0.3 is 0 Å². The molecule has 30 rings (SSSR count). The van der Waals surface area contributed by atoms with Gasteiger partial charge in [0.15, 0.2) is 0 Å². The molecule has 0 radical (unpaired) electrons. The smallest absolute Gasteiger partial charge is 0.145 e. The molecule has 0 saturated carbocycles. The fourth-order valence-electron chi connectivity index (χ4n) is 21.3. The molecule has 0 aliphatic rings. The van der Waals surface area contributed by atoms with E-state index in [0.717, 1.165) is 200 Å². The van der Waals surface area contributed by atoms with Crippen molar-refractivity contribution in [2.45, 2.75) is 0 Å². The molecule has 0 amide bonds. The molecule has 11 heterocycles. The first-order valence-corrected chi connectivity index (χ1v) is 48.0. The molecule has 19 aromatic carbocycles. The van der Waals surface area contributed by atoms with Crippen molar-refractivity contribution in [2.75, 3.05) is 0 Å². The van der Waals surface area contributed by atoms with Crippen LogP contribution in [0.4, 0.5) is 0 Å². The Kier molecular flexibility index (Phi) is 18.6. The molecule has 11 heteroatoms. The van der Waals surface area contributed by atoms with E-state index in [4.69, 9.17) is 32.6 Å². The number of thiophene rings is 1. The first-order valence-electron chi connectivity index (χ1n) is 47.2. The van der Waals surface area contributed by atoms with Crippen LogP contribution in [-0.4, -0.2) is 28.7 Å². The molecule has 0 atom stereocenters. The zero-order valence-corrected chi connectivity index (χ0v) is 76.1. The lowest BCUT2D eigenvalue weighted by Crippen LogP contribution is -1.98. The summed E-state index contributed by atoms with van der Waals surface area (Å²) in [4.78, 5) is 15.8. The van der Waals surface area contributed by atoms with Crippen molar-refractivity contribution in [3.05, 3.63) is 473 Å². The van der Waals surface area contributed by atoms with Crippen LogP contribution in [-0.2, 0) is 0 Å². The molecule has 0 aliphatic carbocycles. The maximum absolute atomic E-state index is 6.54. The molecule has 0 N–H and O–H groups in total. The first kappa shape index (κ1) is 80.0. The highest BCUT2D eigenvalue weighted by molar-refractivity contribution is 7.26. The van der Waals surface area contributed by atoms with Crippen molar-refractivity contribution >= 4 is 185 Å². The van der Waals surface area contributed by atoms with Gasteiger partial charge in [-0.25, -0.2) is 15.0 Å². The van der Waals surface area contributed by atoms with Crippen molar-refractivity contribution in [1.29, 1.82) is 0 Å². The second-order valence-corrected chi connectivity index (χ2v) is 36.9. The Balaban J connectivity index is 0.000000103. The number of rotatable bonds is 11. The van der Waals surface area contributed by atoms with Gasteiger partial charge in [-0.15, -0.1) is 11.3 Å². The van der Waals surface area contributed by atoms with Crippen LogP contribution in [0.1, 0.15) is 0 Å². The summed E-state index contributed by atoms with van der Waals surface area (Å²) in [6, 6.07) is 167. The number of pyridine rings is 3. The topological polar surface area (TPSA) is 106 Å². The van der Waals surface area contributed by atoms with Gasteiger partial charge < -0.3 is 31.4 Å². The fourth-order valence-corrected chi connectivity index (χ4v) is 22.6. The quantitative estimate of drug-likeness (QED) is 0.127. The Morgan fingerprint density at radius 1 is 0.171 bits per heavy atom. The summed E-state index contributed by atoms with van der Waals surface area (Å²) >= 11 is 1.88. The predicted molar refractivity (Wildman–Crippen MR) is 581 cm³/mol. The molecule has 654 valence electrons. The largest absolute Gasteiger partial charge is 0.456 e. The number of fused-ring (bicyclic) bond motifs is 26. The molecular weight excluding hydrogens is 1730 g/mol. The van der Waals surface area contributed by atoms with Crippen LogP contribution in [0.2, 0.25) is 0 Å². The van der Waals surface area contributed by atoms with E-state index < -0.39 is 0 Å². The molecule has 30 aromatic rings. The average molecular weight is 1810 g/mol. The molecular formula is C129H78N6O4S. The van der Waals surface area contributed by atoms with E-state index in [0.29, 0.717) is 0 Å². The third kappa shape index (κ3) is 13.3. The molecule has 11 aromatic heterocycles. The van der Waals surface area contributed by atoms with Crippen molar-refractivity contribution in [1.82, 2.24) is 28.7 Å². The maximum atomic E-state index is 6.54. The summed E-state index contributed by atoms with van der Waals surface area (Å²) < 4.78 is 35.1. The zero-order chi connectivity index (χ0) is 92.0. The third-order valence-corrected chi connectivity index (χ3v) is 29.0. The number of para-hydroxylation sites is 8. The van der Waals surface area contributed by atoms with Crippen LogP contribution in [0.5, 0.6) is 0 Å². The van der Waals surface area contributed by atoms with E-state index in [1.807, 2.05) is 72.0 Å². The number of furan rings is 4. The fraction of sp³-hybridized carbons (Fsp3) is 0. The SMILES string of the molecule is c1ccc(-c2cc(-n3c4ccccc4c4c5oc6ccccc6c5ccc43)cc(-c3ccc4oc5ccccc5c4c3)n2)cc1.c1ccc(-c2cc(-n3c4ccccc4c4c5sc6ccccc6c5ccc43)cc(-c3ccc4c(c3)oc3ccccc34)n2)cc1.c1ccc(-c2ccc(-c3cc(-c4cccc5c4c4ccccc4n5-c4ccccc4)cc(-c4ccc5c(c4)oc4ccccc45)n3)cc2)cc1. The normalized spacial score (nSPS) is 11.9. The molecule has 0 spiro atoms. The van der Waals surface area contributed by atoms with E-state index in [9.17, 15) is 0 Å². The van der Waals surface area contributed by atoms with E-state index in [-0.39, 0.29) is 0 Å².